The fraction of sp³-hybridized carbons (Fsp3) is 0.312. The molecule has 1 fully saturated rings. The summed E-state index contributed by atoms with van der Waals surface area (Å²) in [7, 11) is 0. The van der Waals surface area contributed by atoms with E-state index in [0.29, 0.717) is 18.4 Å². The molecule has 2 bridgehead atoms. The number of allylic oxidation sites excluding steroid dienone is 2. The average molecular weight is 270 g/mol. The van der Waals surface area contributed by atoms with Gasteiger partial charge in [-0.1, -0.05) is 36.8 Å². The third kappa shape index (κ3) is 1.57. The van der Waals surface area contributed by atoms with Crippen LogP contribution in [0.15, 0.2) is 42.2 Å². The molecule has 0 amide bonds. The van der Waals surface area contributed by atoms with E-state index in [4.69, 9.17) is 0 Å². The van der Waals surface area contributed by atoms with Crippen molar-refractivity contribution in [2.45, 2.75) is 19.3 Å². The van der Waals surface area contributed by atoms with Crippen molar-refractivity contribution in [3.8, 4) is 0 Å². The predicted molar refractivity (Wildman–Crippen MR) is 71.3 cm³/mol. The summed E-state index contributed by atoms with van der Waals surface area (Å²) in [5.41, 5.74) is -1.16. The zero-order valence-corrected chi connectivity index (χ0v) is 10.8. The normalized spacial score (nSPS) is 29.0. The van der Waals surface area contributed by atoms with Gasteiger partial charge in [0, 0.05) is 11.6 Å². The Bertz CT molecular complexity index is 629. The highest BCUT2D eigenvalue weighted by molar-refractivity contribution is 6.25. The first-order valence-electron chi connectivity index (χ1n) is 6.66. The quantitative estimate of drug-likeness (QED) is 0.661. The van der Waals surface area contributed by atoms with Crippen LogP contribution in [0.3, 0.4) is 0 Å². The SMILES string of the molecule is O=C1C=C(O)[C@]2(C(=O)c3ccccc3)CCC[C@H]1C2=O. The van der Waals surface area contributed by atoms with Crippen LogP contribution in [0, 0.1) is 11.3 Å². The van der Waals surface area contributed by atoms with Gasteiger partial charge in [0.15, 0.2) is 17.3 Å². The van der Waals surface area contributed by atoms with Crippen molar-refractivity contribution >= 4 is 17.3 Å². The highest BCUT2D eigenvalue weighted by atomic mass is 16.3. The molecule has 4 heteroatoms. The van der Waals surface area contributed by atoms with Gasteiger partial charge in [-0.2, -0.15) is 0 Å². The maximum absolute atomic E-state index is 12.7. The van der Waals surface area contributed by atoms with Crippen molar-refractivity contribution in [1.29, 1.82) is 0 Å². The summed E-state index contributed by atoms with van der Waals surface area (Å²) >= 11 is 0. The molecule has 0 aliphatic heterocycles. The topological polar surface area (TPSA) is 71.4 Å². The van der Waals surface area contributed by atoms with E-state index in [1.165, 1.54) is 0 Å². The zero-order valence-electron chi connectivity index (χ0n) is 10.8. The van der Waals surface area contributed by atoms with Crippen molar-refractivity contribution in [1.82, 2.24) is 0 Å². The molecule has 2 aliphatic rings. The molecule has 0 unspecified atom stereocenters. The van der Waals surface area contributed by atoms with E-state index >= 15 is 0 Å². The summed E-state index contributed by atoms with van der Waals surface area (Å²) in [6, 6.07) is 8.45. The fourth-order valence-electron chi connectivity index (χ4n) is 3.19. The summed E-state index contributed by atoms with van der Waals surface area (Å²) in [4.78, 5) is 37.0. The number of rotatable bonds is 2. The molecule has 2 aliphatic carbocycles. The Morgan fingerprint density at radius 2 is 1.90 bits per heavy atom. The molecular formula is C16H14O4. The van der Waals surface area contributed by atoms with Crippen LogP contribution in [-0.2, 0) is 9.59 Å². The number of hydrogen-bond acceptors (Lipinski definition) is 4. The number of aliphatic hydroxyl groups excluding tert-OH is 1. The van der Waals surface area contributed by atoms with Crippen LogP contribution in [0.25, 0.3) is 0 Å². The molecule has 1 aromatic carbocycles. The molecule has 0 heterocycles. The van der Waals surface area contributed by atoms with Gasteiger partial charge < -0.3 is 5.11 Å². The Kier molecular flexibility index (Phi) is 2.82. The van der Waals surface area contributed by atoms with Crippen molar-refractivity contribution in [3.05, 3.63) is 47.7 Å². The number of carbonyl (C=O) groups is 3. The third-order valence-corrected chi connectivity index (χ3v) is 4.26. The van der Waals surface area contributed by atoms with Gasteiger partial charge in [0.05, 0.1) is 5.92 Å². The van der Waals surface area contributed by atoms with E-state index in [0.717, 1.165) is 6.08 Å². The molecule has 20 heavy (non-hydrogen) atoms. The second kappa shape index (κ2) is 4.40. The summed E-state index contributed by atoms with van der Waals surface area (Å²) < 4.78 is 0. The Morgan fingerprint density at radius 1 is 1.20 bits per heavy atom. The van der Waals surface area contributed by atoms with Gasteiger partial charge in [-0.05, 0) is 12.8 Å². The third-order valence-electron chi connectivity index (χ3n) is 4.26. The van der Waals surface area contributed by atoms with Gasteiger partial charge in [0.2, 0.25) is 0 Å². The minimum Gasteiger partial charge on any atom is -0.511 e. The van der Waals surface area contributed by atoms with Crippen LogP contribution in [0.2, 0.25) is 0 Å². The number of aliphatic hydroxyl groups is 1. The molecule has 0 spiro atoms. The van der Waals surface area contributed by atoms with Crippen LogP contribution in [-0.4, -0.2) is 22.5 Å². The molecular weight excluding hydrogens is 256 g/mol. The second-order valence-electron chi connectivity index (χ2n) is 5.34. The van der Waals surface area contributed by atoms with Crippen LogP contribution >= 0.6 is 0 Å². The predicted octanol–water partition coefficient (Wildman–Crippen LogP) is 2.25. The largest absolute Gasteiger partial charge is 0.511 e. The van der Waals surface area contributed by atoms with E-state index in [-0.39, 0.29) is 12.2 Å². The zero-order chi connectivity index (χ0) is 14.3. The first-order valence-corrected chi connectivity index (χ1v) is 6.66. The van der Waals surface area contributed by atoms with Crippen LogP contribution in [0.1, 0.15) is 29.6 Å². The van der Waals surface area contributed by atoms with Crippen molar-refractivity contribution in [2.75, 3.05) is 0 Å². The van der Waals surface area contributed by atoms with E-state index < -0.39 is 28.7 Å². The van der Waals surface area contributed by atoms with Gasteiger partial charge in [0.25, 0.3) is 0 Å². The minimum atomic E-state index is -1.54. The number of carbonyl (C=O) groups excluding carboxylic acids is 3. The lowest BCUT2D eigenvalue weighted by atomic mass is 9.60. The number of hydrogen-bond donors (Lipinski definition) is 1. The Balaban J connectivity index is 2.14. The first kappa shape index (κ1) is 12.8. The molecule has 1 saturated carbocycles. The Labute approximate surface area is 116 Å². The molecule has 3 rings (SSSR count). The van der Waals surface area contributed by atoms with Gasteiger partial charge in [0.1, 0.15) is 11.2 Å². The lowest BCUT2D eigenvalue weighted by Crippen LogP contribution is -2.52. The van der Waals surface area contributed by atoms with E-state index in [1.807, 2.05) is 0 Å². The van der Waals surface area contributed by atoms with Crippen molar-refractivity contribution in [3.63, 3.8) is 0 Å². The molecule has 1 aromatic rings. The fourth-order valence-corrected chi connectivity index (χ4v) is 3.19. The first-order chi connectivity index (χ1) is 9.57. The summed E-state index contributed by atoms with van der Waals surface area (Å²) in [6.07, 6.45) is 2.38. The minimum absolute atomic E-state index is 0.270. The van der Waals surface area contributed by atoms with Crippen LogP contribution < -0.4 is 0 Å². The second-order valence-corrected chi connectivity index (χ2v) is 5.34. The molecule has 0 radical (unpaired) electrons. The monoisotopic (exact) mass is 270 g/mol. The van der Waals surface area contributed by atoms with E-state index in [1.54, 1.807) is 30.3 Å². The van der Waals surface area contributed by atoms with Gasteiger partial charge in [-0.3, -0.25) is 14.4 Å². The van der Waals surface area contributed by atoms with Crippen molar-refractivity contribution in [2.24, 2.45) is 11.3 Å². The number of ketones is 3. The average Bonchev–Trinajstić information content (AvgIpc) is 2.46. The Hall–Kier alpha value is -2.23. The number of benzene rings is 1. The highest BCUT2D eigenvalue weighted by Crippen LogP contribution is 2.46. The van der Waals surface area contributed by atoms with Crippen molar-refractivity contribution < 1.29 is 19.5 Å². The van der Waals surface area contributed by atoms with Crippen LogP contribution in [0.5, 0.6) is 0 Å². The smallest absolute Gasteiger partial charge is 0.184 e. The molecule has 4 nitrogen and oxygen atoms in total. The van der Waals surface area contributed by atoms with Gasteiger partial charge in [-0.15, -0.1) is 0 Å². The lowest BCUT2D eigenvalue weighted by Gasteiger charge is -2.39. The summed E-state index contributed by atoms with van der Waals surface area (Å²) in [5, 5.41) is 10.1. The summed E-state index contributed by atoms with van der Waals surface area (Å²) in [5.74, 6) is -2.40. The number of Topliss-reactive ketones (excluding diaryl/α,β-unsaturated/α-hetero) is 2. The molecule has 2 atom stereocenters. The molecule has 102 valence electrons. The molecule has 0 saturated heterocycles. The maximum Gasteiger partial charge on any atom is 0.184 e. The highest BCUT2D eigenvalue weighted by Gasteiger charge is 2.57. The Morgan fingerprint density at radius 3 is 2.60 bits per heavy atom. The molecule has 0 aromatic heterocycles. The summed E-state index contributed by atoms with van der Waals surface area (Å²) in [6.45, 7) is 0. The van der Waals surface area contributed by atoms with E-state index in [9.17, 15) is 19.5 Å². The van der Waals surface area contributed by atoms with Gasteiger partial charge in [-0.25, -0.2) is 0 Å². The lowest BCUT2D eigenvalue weighted by molar-refractivity contribution is -0.140. The van der Waals surface area contributed by atoms with E-state index in [2.05, 4.69) is 0 Å². The maximum atomic E-state index is 12.7. The van der Waals surface area contributed by atoms with Gasteiger partial charge >= 0.3 is 0 Å². The van der Waals surface area contributed by atoms with Crippen LogP contribution in [0.4, 0.5) is 0 Å². The molecule has 1 N–H and O–H groups in total. The standard InChI is InChI=1S/C16H14O4/c17-12-9-13(18)16(8-4-7-11(12)15(16)20)14(19)10-5-2-1-3-6-10/h1-3,5-6,9,11,18H,4,7-8H2/t11-,16+/m1/s1. The number of fused-ring (bicyclic) bond motifs is 2.